The molecule has 1 aromatic carbocycles. The lowest BCUT2D eigenvalue weighted by Gasteiger charge is -2.22. The number of nitrogens with one attached hydrogen (secondary N) is 1. The number of anilines is 2. The number of hydrogen-bond acceptors (Lipinski definition) is 4. The van der Waals surface area contributed by atoms with Crippen LogP contribution >= 0.6 is 0 Å². The second-order valence-electron chi connectivity index (χ2n) is 6.44. The van der Waals surface area contributed by atoms with Gasteiger partial charge in [-0.15, -0.1) is 0 Å². The number of methoxy groups -OCH3 is 1. The van der Waals surface area contributed by atoms with Gasteiger partial charge in [0, 0.05) is 19.5 Å². The first kappa shape index (κ1) is 16.6. The summed E-state index contributed by atoms with van der Waals surface area (Å²) in [5, 5.41) is 3.01. The third-order valence-corrected chi connectivity index (χ3v) is 4.70. The fraction of sp³-hybridized carbons (Fsp3) is 0.474. The van der Waals surface area contributed by atoms with Crippen LogP contribution in [0.4, 0.5) is 11.4 Å². The Morgan fingerprint density at radius 3 is 2.75 bits per heavy atom. The standard InChI is InChI=1S/C19H24N2O3/c1-24-19(23)15-8-9-17(21-10-4-5-11-21)16(13-15)20-18(22)12-14-6-2-3-7-14/h2,6,8-9,13-14H,3-5,7,10-12H2,1H3,(H,20,22). The SMILES string of the molecule is COC(=O)c1ccc(N2CCCC2)c(NC(=O)CC2C=CCC2)c1. The third-order valence-electron chi connectivity index (χ3n) is 4.70. The van der Waals surface area contributed by atoms with Crippen molar-refractivity contribution in [2.24, 2.45) is 5.92 Å². The number of carbonyl (C=O) groups is 2. The van der Waals surface area contributed by atoms with E-state index in [9.17, 15) is 9.59 Å². The van der Waals surface area contributed by atoms with Crippen molar-refractivity contribution in [2.45, 2.75) is 32.1 Å². The maximum atomic E-state index is 12.4. The summed E-state index contributed by atoms with van der Waals surface area (Å²) in [6.07, 6.45) is 9.12. The molecule has 24 heavy (non-hydrogen) atoms. The van der Waals surface area contributed by atoms with Crippen molar-refractivity contribution in [2.75, 3.05) is 30.4 Å². The first-order valence-corrected chi connectivity index (χ1v) is 8.61. The molecule has 3 rings (SSSR count). The molecule has 1 saturated heterocycles. The molecule has 1 aliphatic heterocycles. The molecule has 0 radical (unpaired) electrons. The highest BCUT2D eigenvalue weighted by Gasteiger charge is 2.20. The summed E-state index contributed by atoms with van der Waals surface area (Å²) in [6.45, 7) is 1.96. The van der Waals surface area contributed by atoms with Gasteiger partial charge in [-0.1, -0.05) is 12.2 Å². The summed E-state index contributed by atoms with van der Waals surface area (Å²) in [6, 6.07) is 5.39. The van der Waals surface area contributed by atoms with Gasteiger partial charge in [-0.25, -0.2) is 4.79 Å². The van der Waals surface area contributed by atoms with Gasteiger partial charge in [0.2, 0.25) is 5.91 Å². The van der Waals surface area contributed by atoms with Crippen molar-refractivity contribution < 1.29 is 14.3 Å². The highest BCUT2D eigenvalue weighted by Crippen LogP contribution is 2.31. The predicted molar refractivity (Wildman–Crippen MR) is 94.3 cm³/mol. The summed E-state index contributed by atoms with van der Waals surface area (Å²) in [5.74, 6) is -0.0739. The number of nitrogens with zero attached hydrogens (tertiary/aromatic N) is 1. The molecule has 5 nitrogen and oxygen atoms in total. The van der Waals surface area contributed by atoms with Crippen LogP contribution in [-0.2, 0) is 9.53 Å². The van der Waals surface area contributed by atoms with E-state index >= 15 is 0 Å². The van der Waals surface area contributed by atoms with Crippen LogP contribution in [0, 0.1) is 5.92 Å². The van der Waals surface area contributed by atoms with Gasteiger partial charge >= 0.3 is 5.97 Å². The van der Waals surface area contributed by atoms with Gasteiger partial charge < -0.3 is 15.0 Å². The first-order chi connectivity index (χ1) is 11.7. The molecule has 5 heteroatoms. The van der Waals surface area contributed by atoms with Gasteiger partial charge in [0.15, 0.2) is 0 Å². The van der Waals surface area contributed by atoms with Gasteiger partial charge in [0.25, 0.3) is 0 Å². The number of amides is 1. The van der Waals surface area contributed by atoms with E-state index in [0.29, 0.717) is 23.6 Å². The van der Waals surface area contributed by atoms with Crippen LogP contribution in [-0.4, -0.2) is 32.1 Å². The zero-order chi connectivity index (χ0) is 16.9. The normalized spacial score (nSPS) is 19.5. The first-order valence-electron chi connectivity index (χ1n) is 8.61. The number of benzene rings is 1. The molecule has 1 amide bonds. The molecule has 0 aromatic heterocycles. The summed E-state index contributed by atoms with van der Waals surface area (Å²) < 4.78 is 4.79. The summed E-state index contributed by atoms with van der Waals surface area (Å²) in [5.41, 5.74) is 2.14. The minimum Gasteiger partial charge on any atom is -0.465 e. The van der Waals surface area contributed by atoms with Crippen LogP contribution in [0.2, 0.25) is 0 Å². The summed E-state index contributed by atoms with van der Waals surface area (Å²) in [7, 11) is 1.36. The second kappa shape index (κ2) is 7.51. The molecule has 1 aliphatic carbocycles. The molecular weight excluding hydrogens is 304 g/mol. The molecule has 1 N–H and O–H groups in total. The van der Waals surface area contributed by atoms with Crippen LogP contribution in [0.15, 0.2) is 30.4 Å². The molecule has 128 valence electrons. The van der Waals surface area contributed by atoms with Gasteiger partial charge in [-0.05, 0) is 49.8 Å². The molecular formula is C19H24N2O3. The number of allylic oxidation sites excluding steroid dienone is 2. The van der Waals surface area contributed by atoms with Crippen molar-refractivity contribution in [1.29, 1.82) is 0 Å². The lowest BCUT2D eigenvalue weighted by atomic mass is 10.0. The molecule has 0 saturated carbocycles. The van der Waals surface area contributed by atoms with Crippen molar-refractivity contribution >= 4 is 23.3 Å². The Hall–Kier alpha value is -2.30. The number of ether oxygens (including phenoxy) is 1. The second-order valence-corrected chi connectivity index (χ2v) is 6.44. The Morgan fingerprint density at radius 1 is 1.29 bits per heavy atom. The fourth-order valence-corrected chi connectivity index (χ4v) is 3.42. The lowest BCUT2D eigenvalue weighted by molar-refractivity contribution is -0.116. The van der Waals surface area contributed by atoms with E-state index in [-0.39, 0.29) is 5.91 Å². The average Bonchev–Trinajstić information content (AvgIpc) is 3.27. The van der Waals surface area contributed by atoms with Gasteiger partial charge in [0.1, 0.15) is 0 Å². The van der Waals surface area contributed by atoms with Crippen LogP contribution in [0.5, 0.6) is 0 Å². The largest absolute Gasteiger partial charge is 0.465 e. The zero-order valence-electron chi connectivity index (χ0n) is 14.1. The molecule has 1 aromatic rings. The highest BCUT2D eigenvalue weighted by molar-refractivity contribution is 5.98. The summed E-state index contributed by atoms with van der Waals surface area (Å²) >= 11 is 0. The molecule has 1 unspecified atom stereocenters. The number of carbonyl (C=O) groups excluding carboxylic acids is 2. The zero-order valence-corrected chi connectivity index (χ0v) is 14.1. The van der Waals surface area contributed by atoms with E-state index in [0.717, 1.165) is 44.5 Å². The quantitative estimate of drug-likeness (QED) is 0.665. The van der Waals surface area contributed by atoms with Crippen LogP contribution in [0.3, 0.4) is 0 Å². The van der Waals surface area contributed by atoms with E-state index in [1.165, 1.54) is 7.11 Å². The number of hydrogen-bond donors (Lipinski definition) is 1. The van der Waals surface area contributed by atoms with E-state index in [4.69, 9.17) is 4.74 Å². The Bertz CT molecular complexity index is 648. The molecule has 1 fully saturated rings. The Morgan fingerprint density at radius 2 is 2.08 bits per heavy atom. The van der Waals surface area contributed by atoms with Crippen molar-refractivity contribution in [3.63, 3.8) is 0 Å². The van der Waals surface area contributed by atoms with E-state index in [1.807, 2.05) is 6.07 Å². The fourth-order valence-electron chi connectivity index (χ4n) is 3.42. The van der Waals surface area contributed by atoms with Crippen molar-refractivity contribution in [3.8, 4) is 0 Å². The monoisotopic (exact) mass is 328 g/mol. The predicted octanol–water partition coefficient (Wildman–Crippen LogP) is 3.37. The minimum atomic E-state index is -0.391. The van der Waals surface area contributed by atoms with Gasteiger partial charge in [-0.2, -0.15) is 0 Å². The average molecular weight is 328 g/mol. The van der Waals surface area contributed by atoms with Gasteiger partial charge in [-0.3, -0.25) is 4.79 Å². The molecule has 1 heterocycles. The topological polar surface area (TPSA) is 58.6 Å². The van der Waals surface area contributed by atoms with E-state index in [1.54, 1.807) is 12.1 Å². The highest BCUT2D eigenvalue weighted by atomic mass is 16.5. The Labute approximate surface area is 142 Å². The van der Waals surface area contributed by atoms with Crippen LogP contribution in [0.1, 0.15) is 42.5 Å². The molecule has 0 bridgehead atoms. The van der Waals surface area contributed by atoms with Crippen LogP contribution < -0.4 is 10.2 Å². The van der Waals surface area contributed by atoms with Gasteiger partial charge in [0.05, 0.1) is 24.0 Å². The van der Waals surface area contributed by atoms with Crippen molar-refractivity contribution in [3.05, 3.63) is 35.9 Å². The number of esters is 1. The Balaban J connectivity index is 1.79. The van der Waals surface area contributed by atoms with E-state index < -0.39 is 5.97 Å². The van der Waals surface area contributed by atoms with Crippen molar-refractivity contribution in [1.82, 2.24) is 0 Å². The van der Waals surface area contributed by atoms with E-state index in [2.05, 4.69) is 22.4 Å². The summed E-state index contributed by atoms with van der Waals surface area (Å²) in [4.78, 5) is 26.5. The number of rotatable bonds is 5. The third kappa shape index (κ3) is 3.78. The van der Waals surface area contributed by atoms with Crippen LogP contribution in [0.25, 0.3) is 0 Å². The maximum absolute atomic E-state index is 12.4. The molecule has 1 atom stereocenters. The smallest absolute Gasteiger partial charge is 0.337 e. The lowest BCUT2D eigenvalue weighted by Crippen LogP contribution is -2.22. The molecule has 0 spiro atoms. The maximum Gasteiger partial charge on any atom is 0.337 e. The Kier molecular flexibility index (Phi) is 5.18. The minimum absolute atomic E-state index is 0.00554. The molecule has 2 aliphatic rings.